The van der Waals surface area contributed by atoms with Crippen molar-refractivity contribution in [3.05, 3.63) is 53.4 Å². The van der Waals surface area contributed by atoms with Crippen molar-refractivity contribution in [1.82, 2.24) is 14.9 Å². The molecule has 0 fully saturated rings. The molecule has 4 heteroatoms. The molecule has 0 aliphatic heterocycles. The fraction of sp³-hybridized carbons (Fsp3) is 0.438. The standard InChI is InChI=1S/C16H22FN3/c1-4-7-18-15(16-10-20(3)11-19-16)9-13-5-6-14(17)8-12(13)2/h5-6,8,10-11,15,18H,4,7,9H2,1-3H3. The number of hydrogen-bond acceptors (Lipinski definition) is 2. The lowest BCUT2D eigenvalue weighted by Crippen LogP contribution is -2.24. The number of benzene rings is 1. The molecule has 0 aliphatic rings. The summed E-state index contributed by atoms with van der Waals surface area (Å²) in [6.45, 7) is 5.04. The van der Waals surface area contributed by atoms with Crippen LogP contribution in [0.3, 0.4) is 0 Å². The third-order valence-electron chi connectivity index (χ3n) is 3.45. The highest BCUT2D eigenvalue weighted by Crippen LogP contribution is 2.20. The summed E-state index contributed by atoms with van der Waals surface area (Å²) in [7, 11) is 1.97. The topological polar surface area (TPSA) is 29.9 Å². The normalized spacial score (nSPS) is 12.6. The van der Waals surface area contributed by atoms with Crippen LogP contribution in [0.5, 0.6) is 0 Å². The zero-order chi connectivity index (χ0) is 14.5. The van der Waals surface area contributed by atoms with Crippen LogP contribution >= 0.6 is 0 Å². The molecule has 0 bridgehead atoms. The Bertz CT molecular complexity index is 563. The first kappa shape index (κ1) is 14.7. The van der Waals surface area contributed by atoms with Gasteiger partial charge in [0.1, 0.15) is 5.82 Å². The maximum absolute atomic E-state index is 13.2. The van der Waals surface area contributed by atoms with E-state index in [2.05, 4.69) is 17.2 Å². The van der Waals surface area contributed by atoms with E-state index in [1.54, 1.807) is 6.07 Å². The van der Waals surface area contributed by atoms with Crippen molar-refractivity contribution in [2.75, 3.05) is 6.54 Å². The molecule has 1 aromatic carbocycles. The van der Waals surface area contributed by atoms with E-state index >= 15 is 0 Å². The van der Waals surface area contributed by atoms with Crippen molar-refractivity contribution < 1.29 is 4.39 Å². The lowest BCUT2D eigenvalue weighted by molar-refractivity contribution is 0.517. The average molecular weight is 275 g/mol. The summed E-state index contributed by atoms with van der Waals surface area (Å²) in [5, 5.41) is 3.52. The fourth-order valence-corrected chi connectivity index (χ4v) is 2.32. The molecule has 0 aliphatic carbocycles. The van der Waals surface area contributed by atoms with Crippen LogP contribution in [0.2, 0.25) is 0 Å². The lowest BCUT2D eigenvalue weighted by atomic mass is 9.99. The second kappa shape index (κ2) is 6.66. The summed E-state index contributed by atoms with van der Waals surface area (Å²) < 4.78 is 15.1. The summed E-state index contributed by atoms with van der Waals surface area (Å²) in [5.41, 5.74) is 3.18. The summed E-state index contributed by atoms with van der Waals surface area (Å²) in [6.07, 6.45) is 5.74. The molecule has 0 spiro atoms. The Balaban J connectivity index is 2.18. The van der Waals surface area contributed by atoms with Gasteiger partial charge in [-0.1, -0.05) is 13.0 Å². The number of imidazole rings is 1. The first-order chi connectivity index (χ1) is 9.60. The van der Waals surface area contributed by atoms with E-state index in [1.807, 2.05) is 37.1 Å². The number of nitrogens with zero attached hydrogens (tertiary/aromatic N) is 2. The zero-order valence-electron chi connectivity index (χ0n) is 12.4. The van der Waals surface area contributed by atoms with E-state index in [4.69, 9.17) is 0 Å². The first-order valence-corrected chi connectivity index (χ1v) is 7.06. The van der Waals surface area contributed by atoms with Gasteiger partial charge in [0.2, 0.25) is 0 Å². The Hall–Kier alpha value is -1.68. The highest BCUT2D eigenvalue weighted by molar-refractivity contribution is 5.28. The summed E-state index contributed by atoms with van der Waals surface area (Å²) in [6, 6.07) is 5.15. The maximum Gasteiger partial charge on any atom is 0.123 e. The Kier molecular flexibility index (Phi) is 4.90. The van der Waals surface area contributed by atoms with Crippen molar-refractivity contribution in [3.8, 4) is 0 Å². The number of aromatic nitrogens is 2. The zero-order valence-corrected chi connectivity index (χ0v) is 12.4. The monoisotopic (exact) mass is 275 g/mol. The summed E-state index contributed by atoms with van der Waals surface area (Å²) >= 11 is 0. The molecular formula is C16H22FN3. The maximum atomic E-state index is 13.2. The van der Waals surface area contributed by atoms with E-state index in [9.17, 15) is 4.39 Å². The van der Waals surface area contributed by atoms with Gasteiger partial charge in [-0.3, -0.25) is 0 Å². The number of nitrogens with one attached hydrogen (secondary N) is 1. The van der Waals surface area contributed by atoms with Gasteiger partial charge < -0.3 is 9.88 Å². The predicted octanol–water partition coefficient (Wildman–Crippen LogP) is 3.15. The molecule has 1 heterocycles. The van der Waals surface area contributed by atoms with Crippen molar-refractivity contribution in [1.29, 1.82) is 0 Å². The predicted molar refractivity (Wildman–Crippen MR) is 79.1 cm³/mol. The molecule has 1 N–H and O–H groups in total. The van der Waals surface area contributed by atoms with E-state index < -0.39 is 0 Å². The molecule has 1 aromatic heterocycles. The minimum absolute atomic E-state index is 0.167. The lowest BCUT2D eigenvalue weighted by Gasteiger charge is -2.18. The third-order valence-corrected chi connectivity index (χ3v) is 3.45. The molecule has 0 saturated carbocycles. The van der Waals surface area contributed by atoms with Gasteiger partial charge in [0.15, 0.2) is 0 Å². The second-order valence-corrected chi connectivity index (χ2v) is 5.25. The van der Waals surface area contributed by atoms with Crippen LogP contribution in [-0.4, -0.2) is 16.1 Å². The van der Waals surface area contributed by atoms with Crippen LogP contribution in [0, 0.1) is 12.7 Å². The van der Waals surface area contributed by atoms with Crippen LogP contribution < -0.4 is 5.32 Å². The fourth-order valence-electron chi connectivity index (χ4n) is 2.32. The summed E-state index contributed by atoms with van der Waals surface area (Å²) in [4.78, 5) is 4.44. The van der Waals surface area contributed by atoms with Crippen LogP contribution in [0.25, 0.3) is 0 Å². The van der Waals surface area contributed by atoms with Crippen molar-refractivity contribution >= 4 is 0 Å². The molecule has 2 aromatic rings. The third kappa shape index (κ3) is 3.67. The van der Waals surface area contributed by atoms with E-state index in [0.717, 1.165) is 36.2 Å². The molecule has 108 valence electrons. The van der Waals surface area contributed by atoms with Crippen LogP contribution in [0.15, 0.2) is 30.7 Å². The Morgan fingerprint density at radius 3 is 2.80 bits per heavy atom. The number of halogens is 1. The van der Waals surface area contributed by atoms with E-state index in [-0.39, 0.29) is 11.9 Å². The van der Waals surface area contributed by atoms with Gasteiger partial charge in [0.05, 0.1) is 18.1 Å². The van der Waals surface area contributed by atoms with Gasteiger partial charge in [-0.2, -0.15) is 0 Å². The van der Waals surface area contributed by atoms with Gasteiger partial charge in [0.25, 0.3) is 0 Å². The first-order valence-electron chi connectivity index (χ1n) is 7.06. The number of rotatable bonds is 6. The van der Waals surface area contributed by atoms with Crippen molar-refractivity contribution in [2.45, 2.75) is 32.7 Å². The SMILES string of the molecule is CCCNC(Cc1ccc(F)cc1C)c1cn(C)cn1. The van der Waals surface area contributed by atoms with Crippen molar-refractivity contribution in [3.63, 3.8) is 0 Å². The molecule has 0 amide bonds. The summed E-state index contributed by atoms with van der Waals surface area (Å²) in [5.74, 6) is -0.179. The Morgan fingerprint density at radius 2 is 2.20 bits per heavy atom. The Morgan fingerprint density at radius 1 is 1.40 bits per heavy atom. The largest absolute Gasteiger partial charge is 0.340 e. The molecular weight excluding hydrogens is 253 g/mol. The van der Waals surface area contributed by atoms with Gasteiger partial charge in [-0.25, -0.2) is 9.37 Å². The molecule has 2 rings (SSSR count). The highest BCUT2D eigenvalue weighted by Gasteiger charge is 2.15. The van der Waals surface area contributed by atoms with Gasteiger partial charge >= 0.3 is 0 Å². The van der Waals surface area contributed by atoms with Crippen LogP contribution in [0.4, 0.5) is 4.39 Å². The molecule has 0 radical (unpaired) electrons. The average Bonchev–Trinajstić information content (AvgIpc) is 2.83. The second-order valence-electron chi connectivity index (χ2n) is 5.25. The van der Waals surface area contributed by atoms with Gasteiger partial charge in [-0.15, -0.1) is 0 Å². The number of aryl methyl sites for hydroxylation is 2. The van der Waals surface area contributed by atoms with Crippen molar-refractivity contribution in [2.24, 2.45) is 7.05 Å². The molecule has 20 heavy (non-hydrogen) atoms. The van der Waals surface area contributed by atoms with E-state index in [1.165, 1.54) is 6.07 Å². The van der Waals surface area contributed by atoms with E-state index in [0.29, 0.717) is 0 Å². The van der Waals surface area contributed by atoms with Gasteiger partial charge in [-0.05, 0) is 49.6 Å². The molecule has 0 saturated heterocycles. The quantitative estimate of drug-likeness (QED) is 0.877. The minimum atomic E-state index is -0.179. The number of hydrogen-bond donors (Lipinski definition) is 1. The Labute approximate surface area is 119 Å². The highest BCUT2D eigenvalue weighted by atomic mass is 19.1. The van der Waals surface area contributed by atoms with Crippen LogP contribution in [-0.2, 0) is 13.5 Å². The smallest absolute Gasteiger partial charge is 0.123 e. The van der Waals surface area contributed by atoms with Crippen LogP contribution in [0.1, 0.15) is 36.2 Å². The van der Waals surface area contributed by atoms with Gasteiger partial charge in [0, 0.05) is 13.2 Å². The minimum Gasteiger partial charge on any atom is -0.340 e. The molecule has 1 unspecified atom stereocenters. The molecule has 1 atom stereocenters. The molecule has 3 nitrogen and oxygen atoms in total.